The first-order valence-corrected chi connectivity index (χ1v) is 7.28. The quantitative estimate of drug-likeness (QED) is 0.578. The van der Waals surface area contributed by atoms with E-state index in [2.05, 4.69) is 0 Å². The summed E-state index contributed by atoms with van der Waals surface area (Å²) in [6.45, 7) is 0. The van der Waals surface area contributed by atoms with Crippen molar-refractivity contribution in [3.05, 3.63) is 58.7 Å². The number of alkyl halides is 6. The van der Waals surface area contributed by atoms with Crippen molar-refractivity contribution in [3.8, 4) is 0 Å². The van der Waals surface area contributed by atoms with Gasteiger partial charge in [-0.3, -0.25) is 0 Å². The third kappa shape index (κ3) is 5.33. The Labute approximate surface area is 155 Å². The highest BCUT2D eigenvalue weighted by Crippen LogP contribution is 2.37. The molecule has 5 nitrogen and oxygen atoms in total. The normalized spacial score (nSPS) is 11.9. The molecular weight excluding hydrogens is 420 g/mol. The average molecular weight is 428 g/mol. The maximum Gasteiger partial charge on any atom is 0.416 e. The van der Waals surface area contributed by atoms with Gasteiger partial charge in [0.25, 0.3) is 0 Å². The maximum atomic E-state index is 13.3. The van der Waals surface area contributed by atoms with Crippen LogP contribution in [0.1, 0.15) is 21.5 Å². The van der Waals surface area contributed by atoms with Crippen molar-refractivity contribution < 1.29 is 49.8 Å². The van der Waals surface area contributed by atoms with Crippen LogP contribution in [0.25, 0.3) is 0 Å². The zero-order valence-corrected chi connectivity index (χ0v) is 13.7. The lowest BCUT2D eigenvalue weighted by Gasteiger charge is -2.15. The van der Waals surface area contributed by atoms with Crippen LogP contribution >= 0.6 is 0 Å². The van der Waals surface area contributed by atoms with E-state index in [1.807, 2.05) is 0 Å². The number of nitrogens with one attached hydrogen (secondary N) is 2. The summed E-state index contributed by atoms with van der Waals surface area (Å²) in [7, 11) is 0. The molecule has 2 rings (SSSR count). The molecule has 156 valence electrons. The Hall–Kier alpha value is -3.38. The molecule has 0 atom stereocenters. The van der Waals surface area contributed by atoms with Crippen LogP contribution in [0.3, 0.4) is 0 Å². The van der Waals surface area contributed by atoms with Crippen LogP contribution in [0.5, 0.6) is 0 Å². The summed E-state index contributed by atoms with van der Waals surface area (Å²) in [5.74, 6) is -4.89. The van der Waals surface area contributed by atoms with Crippen molar-refractivity contribution in [3.63, 3.8) is 0 Å². The molecule has 0 fully saturated rings. The van der Waals surface area contributed by atoms with E-state index in [4.69, 9.17) is 5.11 Å². The summed E-state index contributed by atoms with van der Waals surface area (Å²) in [6, 6.07) is -0.728. The number of carboxylic acids is 1. The fraction of sp³-hybridized carbons (Fsp3) is 0.125. The van der Waals surface area contributed by atoms with Crippen LogP contribution in [0.15, 0.2) is 30.3 Å². The molecule has 29 heavy (non-hydrogen) atoms. The number of aromatic carboxylic acids is 1. The minimum absolute atomic E-state index is 0.166. The van der Waals surface area contributed by atoms with E-state index in [1.165, 1.54) is 0 Å². The van der Waals surface area contributed by atoms with E-state index < -0.39 is 64.1 Å². The molecule has 0 saturated heterocycles. The molecular formula is C16H8F8N2O3. The Morgan fingerprint density at radius 1 is 0.759 bits per heavy atom. The lowest BCUT2D eigenvalue weighted by Crippen LogP contribution is -2.22. The number of anilines is 2. The third-order valence-corrected chi connectivity index (χ3v) is 3.38. The SMILES string of the molecule is O=C(Nc1cc(C(F)(F)F)cc(C(F)(F)F)c1)Nc1cc(F)c(F)cc1C(=O)O. The summed E-state index contributed by atoms with van der Waals surface area (Å²) in [5, 5.41) is 12.3. The predicted molar refractivity (Wildman–Crippen MR) is 82.4 cm³/mol. The van der Waals surface area contributed by atoms with Gasteiger partial charge >= 0.3 is 24.4 Å². The maximum absolute atomic E-state index is 13.3. The van der Waals surface area contributed by atoms with E-state index in [-0.39, 0.29) is 30.3 Å². The minimum atomic E-state index is -5.16. The van der Waals surface area contributed by atoms with E-state index in [0.717, 1.165) is 0 Å². The number of rotatable bonds is 3. The molecule has 0 unspecified atom stereocenters. The lowest BCUT2D eigenvalue weighted by atomic mass is 10.1. The van der Waals surface area contributed by atoms with Gasteiger partial charge in [-0.25, -0.2) is 18.4 Å². The summed E-state index contributed by atoms with van der Waals surface area (Å²) < 4.78 is 103. The molecule has 2 aromatic rings. The topological polar surface area (TPSA) is 78.4 Å². The van der Waals surface area contributed by atoms with Gasteiger partial charge in [-0.15, -0.1) is 0 Å². The van der Waals surface area contributed by atoms with Gasteiger partial charge < -0.3 is 15.7 Å². The third-order valence-electron chi connectivity index (χ3n) is 3.38. The van der Waals surface area contributed by atoms with Crippen LogP contribution in [-0.2, 0) is 12.4 Å². The Balaban J connectivity index is 2.37. The number of hydrogen-bond donors (Lipinski definition) is 3. The lowest BCUT2D eigenvalue weighted by molar-refractivity contribution is -0.143. The number of amides is 2. The van der Waals surface area contributed by atoms with Gasteiger partial charge in [-0.2, -0.15) is 26.3 Å². The Bertz CT molecular complexity index is 938. The van der Waals surface area contributed by atoms with Crippen LogP contribution in [0, 0.1) is 11.6 Å². The molecule has 0 bridgehead atoms. The van der Waals surface area contributed by atoms with Crippen molar-refractivity contribution in [2.24, 2.45) is 0 Å². The first-order valence-electron chi connectivity index (χ1n) is 7.28. The van der Waals surface area contributed by atoms with E-state index in [0.29, 0.717) is 0 Å². The Morgan fingerprint density at radius 2 is 1.24 bits per heavy atom. The second kappa shape index (κ2) is 7.56. The Kier molecular flexibility index (Phi) is 5.71. The van der Waals surface area contributed by atoms with Gasteiger partial charge in [0.1, 0.15) is 0 Å². The zero-order chi connectivity index (χ0) is 22.1. The average Bonchev–Trinajstić information content (AvgIpc) is 2.55. The number of urea groups is 1. The molecule has 0 aliphatic carbocycles. The largest absolute Gasteiger partial charge is 0.478 e. The molecule has 0 aliphatic rings. The smallest absolute Gasteiger partial charge is 0.416 e. The van der Waals surface area contributed by atoms with Crippen molar-refractivity contribution >= 4 is 23.4 Å². The Morgan fingerprint density at radius 3 is 1.69 bits per heavy atom. The number of halogens is 8. The second-order valence-electron chi connectivity index (χ2n) is 5.49. The number of benzene rings is 2. The molecule has 0 heterocycles. The van der Waals surface area contributed by atoms with Gasteiger partial charge in [-0.1, -0.05) is 0 Å². The van der Waals surface area contributed by atoms with Crippen molar-refractivity contribution in [2.75, 3.05) is 10.6 Å². The van der Waals surface area contributed by atoms with Crippen LogP contribution in [-0.4, -0.2) is 17.1 Å². The predicted octanol–water partition coefficient (Wildman–Crippen LogP) is 5.34. The molecule has 0 aromatic heterocycles. The van der Waals surface area contributed by atoms with Gasteiger partial charge in [0.15, 0.2) is 11.6 Å². The van der Waals surface area contributed by atoms with E-state index in [1.54, 1.807) is 10.6 Å². The van der Waals surface area contributed by atoms with E-state index >= 15 is 0 Å². The molecule has 0 saturated carbocycles. The molecule has 13 heteroatoms. The first kappa shape index (κ1) is 21.9. The molecule has 0 aliphatic heterocycles. The number of carbonyl (C=O) groups is 2. The number of hydrogen-bond acceptors (Lipinski definition) is 2. The van der Waals surface area contributed by atoms with Gasteiger partial charge in [0.05, 0.1) is 22.4 Å². The molecule has 0 spiro atoms. The number of carboxylic acid groups (broad SMARTS) is 1. The molecule has 3 N–H and O–H groups in total. The monoisotopic (exact) mass is 428 g/mol. The van der Waals surface area contributed by atoms with Crippen LogP contribution in [0.4, 0.5) is 51.3 Å². The van der Waals surface area contributed by atoms with E-state index in [9.17, 15) is 44.7 Å². The molecule has 2 amide bonds. The molecule has 2 aromatic carbocycles. The number of carbonyl (C=O) groups excluding carboxylic acids is 1. The summed E-state index contributed by atoms with van der Waals surface area (Å²) in [4.78, 5) is 22.9. The first-order chi connectivity index (χ1) is 13.2. The highest BCUT2D eigenvalue weighted by Gasteiger charge is 2.37. The highest BCUT2D eigenvalue weighted by atomic mass is 19.4. The van der Waals surface area contributed by atoms with Crippen molar-refractivity contribution in [1.82, 2.24) is 0 Å². The van der Waals surface area contributed by atoms with Crippen LogP contribution < -0.4 is 10.6 Å². The van der Waals surface area contributed by atoms with Crippen LogP contribution in [0.2, 0.25) is 0 Å². The summed E-state index contributed by atoms with van der Waals surface area (Å²) in [6.07, 6.45) is -10.3. The highest BCUT2D eigenvalue weighted by molar-refractivity contribution is 6.04. The fourth-order valence-corrected chi connectivity index (χ4v) is 2.14. The van der Waals surface area contributed by atoms with Crippen molar-refractivity contribution in [1.29, 1.82) is 0 Å². The van der Waals surface area contributed by atoms with Gasteiger partial charge in [0, 0.05) is 11.8 Å². The zero-order valence-electron chi connectivity index (χ0n) is 13.7. The second-order valence-corrected chi connectivity index (χ2v) is 5.49. The fourth-order valence-electron chi connectivity index (χ4n) is 2.14. The van der Waals surface area contributed by atoms with Gasteiger partial charge in [0.2, 0.25) is 0 Å². The summed E-state index contributed by atoms with van der Waals surface area (Å²) in [5.41, 5.74) is -6.02. The van der Waals surface area contributed by atoms with Crippen molar-refractivity contribution in [2.45, 2.75) is 12.4 Å². The minimum Gasteiger partial charge on any atom is -0.478 e. The standard InChI is InChI=1S/C16H8F8N2O3/c17-10-4-9(13(27)28)12(5-11(10)18)26-14(29)25-8-2-6(15(19,20)21)1-7(3-8)16(22,23)24/h1-5H,(H,27,28)(H2,25,26,29). The van der Waals surface area contributed by atoms with Gasteiger partial charge in [-0.05, 0) is 24.3 Å². The molecule has 0 radical (unpaired) electrons. The summed E-state index contributed by atoms with van der Waals surface area (Å²) >= 11 is 0.